The number of pyridine rings is 1. The van der Waals surface area contributed by atoms with Crippen LogP contribution in [-0.4, -0.2) is 17.8 Å². The van der Waals surface area contributed by atoms with E-state index in [0.29, 0.717) is 12.2 Å². The van der Waals surface area contributed by atoms with Gasteiger partial charge in [0.25, 0.3) is 0 Å². The Hall–Kier alpha value is -2.05. The van der Waals surface area contributed by atoms with E-state index in [1.54, 1.807) is 7.05 Å². The lowest BCUT2D eigenvalue weighted by atomic mass is 9.93. The zero-order valence-corrected chi connectivity index (χ0v) is 11.7. The lowest BCUT2D eigenvalue weighted by Crippen LogP contribution is -2.36. The molecule has 0 aliphatic heterocycles. The highest BCUT2D eigenvalue weighted by molar-refractivity contribution is 5.91. The van der Waals surface area contributed by atoms with Crippen molar-refractivity contribution in [3.8, 4) is 0 Å². The quantitative estimate of drug-likeness (QED) is 0.872. The van der Waals surface area contributed by atoms with Crippen molar-refractivity contribution in [2.75, 3.05) is 12.1 Å². The summed E-state index contributed by atoms with van der Waals surface area (Å²) in [5, 5.41) is 1.50. The molecule has 0 fully saturated rings. The Balaban J connectivity index is 2.07. The van der Waals surface area contributed by atoms with Gasteiger partial charge >= 0.3 is 6.18 Å². The van der Waals surface area contributed by atoms with Gasteiger partial charge in [0, 0.05) is 31.4 Å². The summed E-state index contributed by atoms with van der Waals surface area (Å²) in [6.45, 7) is 1.98. The first-order valence-corrected chi connectivity index (χ1v) is 6.52. The third-order valence-electron chi connectivity index (χ3n) is 3.18. The van der Waals surface area contributed by atoms with Gasteiger partial charge in [-0.3, -0.25) is 9.80 Å². The summed E-state index contributed by atoms with van der Waals surface area (Å²) in [6, 6.07) is 2.26. The molecule has 1 aliphatic carbocycles. The number of carbonyl (C=O) groups is 1. The van der Waals surface area contributed by atoms with E-state index in [1.807, 2.05) is 6.92 Å². The zero-order valence-electron chi connectivity index (χ0n) is 11.7. The topological polar surface area (TPSA) is 45.2 Å². The number of hydrogen-bond donors (Lipinski definition) is 1. The van der Waals surface area contributed by atoms with E-state index in [1.165, 1.54) is 17.2 Å². The van der Waals surface area contributed by atoms with Gasteiger partial charge in [0.1, 0.15) is 5.82 Å². The number of rotatable bonds is 3. The molecule has 114 valence electrons. The predicted octanol–water partition coefficient (Wildman–Crippen LogP) is 2.92. The highest BCUT2D eigenvalue weighted by Gasteiger charge is 2.30. The monoisotopic (exact) mass is 299 g/mol. The Morgan fingerprint density at radius 2 is 2.05 bits per heavy atom. The van der Waals surface area contributed by atoms with Crippen molar-refractivity contribution in [1.29, 1.82) is 0 Å². The van der Waals surface area contributed by atoms with E-state index >= 15 is 0 Å². The fourth-order valence-corrected chi connectivity index (χ4v) is 2.21. The first kappa shape index (κ1) is 15.3. The molecular weight excluding hydrogens is 283 g/mol. The van der Waals surface area contributed by atoms with Crippen LogP contribution in [0.1, 0.15) is 25.3 Å². The second-order valence-corrected chi connectivity index (χ2v) is 5.22. The molecule has 1 heterocycles. The van der Waals surface area contributed by atoms with Crippen LogP contribution in [-0.2, 0) is 11.0 Å². The number of anilines is 1. The van der Waals surface area contributed by atoms with E-state index in [9.17, 15) is 18.0 Å². The third-order valence-corrected chi connectivity index (χ3v) is 3.18. The van der Waals surface area contributed by atoms with Gasteiger partial charge in [0.15, 0.2) is 5.78 Å². The molecule has 0 radical (unpaired) electrons. The molecule has 4 nitrogen and oxygen atoms in total. The molecule has 1 atom stereocenters. The molecular formula is C14H16F3N3O. The maximum Gasteiger partial charge on any atom is 0.417 e. The molecule has 1 N–H and O–H groups in total. The van der Waals surface area contributed by atoms with Crippen LogP contribution in [0.25, 0.3) is 0 Å². The van der Waals surface area contributed by atoms with Crippen LogP contribution in [0.5, 0.6) is 0 Å². The molecule has 0 saturated heterocycles. The minimum Gasteiger partial charge on any atom is -0.301 e. The number of allylic oxidation sites excluding steroid dienone is 2. The van der Waals surface area contributed by atoms with E-state index in [2.05, 4.69) is 10.4 Å². The molecule has 1 aromatic heterocycles. The third kappa shape index (κ3) is 3.96. The van der Waals surface area contributed by atoms with Gasteiger partial charge < -0.3 is 5.43 Å². The molecule has 2 rings (SSSR count). The van der Waals surface area contributed by atoms with Gasteiger partial charge in [-0.2, -0.15) is 13.2 Å². The Morgan fingerprint density at radius 1 is 1.33 bits per heavy atom. The standard InChI is InChI=1S/C14H16F3N3O/c1-9-5-11(7-12(21)6-9)19-20(2)13-4-3-10(8-18-13)14(15,16)17/h3-4,7-9,19H,5-6H2,1-2H3/t9-/m0/s1. The van der Waals surface area contributed by atoms with Crippen molar-refractivity contribution >= 4 is 11.6 Å². The van der Waals surface area contributed by atoms with Crippen molar-refractivity contribution in [3.05, 3.63) is 35.7 Å². The zero-order chi connectivity index (χ0) is 15.6. The van der Waals surface area contributed by atoms with Crippen LogP contribution in [0.2, 0.25) is 0 Å². The molecule has 0 spiro atoms. The summed E-state index contributed by atoms with van der Waals surface area (Å²) in [4.78, 5) is 15.3. The Kier molecular flexibility index (Phi) is 4.20. The summed E-state index contributed by atoms with van der Waals surface area (Å²) in [5.74, 6) is 0.638. The van der Waals surface area contributed by atoms with Crippen LogP contribution in [0.15, 0.2) is 30.1 Å². The lowest BCUT2D eigenvalue weighted by molar-refractivity contribution is -0.137. The average Bonchev–Trinajstić information content (AvgIpc) is 2.36. The lowest BCUT2D eigenvalue weighted by Gasteiger charge is -2.26. The molecule has 1 aromatic rings. The average molecular weight is 299 g/mol. The number of nitrogens with zero attached hydrogens (tertiary/aromatic N) is 2. The first-order valence-electron chi connectivity index (χ1n) is 6.52. The predicted molar refractivity (Wildman–Crippen MR) is 72.3 cm³/mol. The molecule has 7 heteroatoms. The van der Waals surface area contributed by atoms with Gasteiger partial charge in [0.2, 0.25) is 0 Å². The van der Waals surface area contributed by atoms with Gasteiger partial charge in [0.05, 0.1) is 5.56 Å². The van der Waals surface area contributed by atoms with Crippen molar-refractivity contribution in [2.24, 2.45) is 5.92 Å². The number of aromatic nitrogens is 1. The number of carbonyl (C=O) groups excluding carboxylic acids is 1. The minimum absolute atomic E-state index is 0.0463. The van der Waals surface area contributed by atoms with Crippen molar-refractivity contribution in [1.82, 2.24) is 10.4 Å². The van der Waals surface area contributed by atoms with E-state index in [4.69, 9.17) is 0 Å². The van der Waals surface area contributed by atoms with Crippen LogP contribution in [0, 0.1) is 5.92 Å². The van der Waals surface area contributed by atoms with E-state index in [0.717, 1.165) is 24.4 Å². The maximum atomic E-state index is 12.5. The van der Waals surface area contributed by atoms with Crippen LogP contribution in [0.4, 0.5) is 19.0 Å². The Morgan fingerprint density at radius 3 is 2.57 bits per heavy atom. The number of nitrogens with one attached hydrogen (secondary N) is 1. The normalized spacial score (nSPS) is 19.2. The van der Waals surface area contributed by atoms with Gasteiger partial charge in [-0.15, -0.1) is 0 Å². The SMILES string of the molecule is C[C@@H]1CC(=O)C=C(NN(C)c2ccc(C(F)(F)F)cn2)C1. The van der Waals surface area contributed by atoms with E-state index < -0.39 is 11.7 Å². The number of ketones is 1. The van der Waals surface area contributed by atoms with Gasteiger partial charge in [-0.1, -0.05) is 6.92 Å². The van der Waals surface area contributed by atoms with Gasteiger partial charge in [-0.05, 0) is 24.5 Å². The summed E-state index contributed by atoms with van der Waals surface area (Å²) >= 11 is 0. The highest BCUT2D eigenvalue weighted by atomic mass is 19.4. The summed E-state index contributed by atoms with van der Waals surface area (Å²) in [7, 11) is 1.64. The minimum atomic E-state index is -4.40. The van der Waals surface area contributed by atoms with Crippen LogP contribution in [0.3, 0.4) is 0 Å². The number of hydrogen-bond acceptors (Lipinski definition) is 4. The molecule has 0 amide bonds. The van der Waals surface area contributed by atoms with Gasteiger partial charge in [-0.25, -0.2) is 4.98 Å². The molecule has 0 aromatic carbocycles. The molecule has 0 saturated carbocycles. The second-order valence-electron chi connectivity index (χ2n) is 5.22. The molecule has 0 bridgehead atoms. The fraction of sp³-hybridized carbons (Fsp3) is 0.429. The molecule has 0 unspecified atom stereocenters. The maximum absolute atomic E-state index is 12.5. The smallest absolute Gasteiger partial charge is 0.301 e. The molecule has 1 aliphatic rings. The van der Waals surface area contributed by atoms with Crippen LogP contribution >= 0.6 is 0 Å². The molecule has 21 heavy (non-hydrogen) atoms. The Bertz CT molecular complexity index is 552. The first-order chi connectivity index (χ1) is 9.75. The number of hydrazine groups is 1. The largest absolute Gasteiger partial charge is 0.417 e. The second kappa shape index (κ2) is 5.75. The summed E-state index contributed by atoms with van der Waals surface area (Å²) in [5.41, 5.74) is 2.93. The van der Waals surface area contributed by atoms with E-state index in [-0.39, 0.29) is 11.7 Å². The Labute approximate surface area is 120 Å². The van der Waals surface area contributed by atoms with Crippen molar-refractivity contribution < 1.29 is 18.0 Å². The highest BCUT2D eigenvalue weighted by Crippen LogP contribution is 2.29. The van der Waals surface area contributed by atoms with Crippen molar-refractivity contribution in [2.45, 2.75) is 25.9 Å². The fourth-order valence-electron chi connectivity index (χ4n) is 2.21. The summed E-state index contributed by atoms with van der Waals surface area (Å²) in [6.07, 6.45) is -0.841. The number of alkyl halides is 3. The van der Waals surface area contributed by atoms with Crippen molar-refractivity contribution in [3.63, 3.8) is 0 Å². The van der Waals surface area contributed by atoms with Crippen LogP contribution < -0.4 is 10.4 Å². The summed E-state index contributed by atoms with van der Waals surface area (Å²) < 4.78 is 37.4. The number of halogens is 3.